The van der Waals surface area contributed by atoms with Crippen molar-refractivity contribution < 1.29 is 13.3 Å². The summed E-state index contributed by atoms with van der Waals surface area (Å²) in [6.07, 6.45) is 7.80. The molecule has 1 N–H and O–H groups in total. The van der Waals surface area contributed by atoms with E-state index in [1.165, 1.54) is 38.5 Å². The Bertz CT molecular complexity index is 1350. The molecule has 2 aromatic rings. The second kappa shape index (κ2) is 9.77. The highest BCUT2D eigenvalue weighted by molar-refractivity contribution is 7.89. The maximum absolute atomic E-state index is 13.3. The first-order valence-electron chi connectivity index (χ1n) is 14.4. The number of nitrogens with zero attached hydrogens (tertiary/aromatic N) is 3. The zero-order valence-electron chi connectivity index (χ0n) is 23.2. The van der Waals surface area contributed by atoms with Crippen molar-refractivity contribution in [2.45, 2.75) is 70.2 Å². The summed E-state index contributed by atoms with van der Waals surface area (Å²) >= 11 is 0. The van der Waals surface area contributed by atoms with Gasteiger partial charge in [0.05, 0.1) is 9.82 Å². The number of anilines is 2. The predicted octanol–water partition coefficient (Wildman–Crippen LogP) is 5.74. The highest BCUT2D eigenvalue weighted by Gasteiger charge is 2.53. The van der Waals surface area contributed by atoms with Gasteiger partial charge in [-0.2, -0.15) is 4.31 Å². The van der Waals surface area contributed by atoms with E-state index in [9.17, 15) is 18.5 Å². The van der Waals surface area contributed by atoms with E-state index in [2.05, 4.69) is 17.1 Å². The van der Waals surface area contributed by atoms with Crippen LogP contribution in [0.2, 0.25) is 0 Å². The van der Waals surface area contributed by atoms with E-state index >= 15 is 0 Å². The van der Waals surface area contributed by atoms with Gasteiger partial charge in [0.15, 0.2) is 0 Å². The summed E-state index contributed by atoms with van der Waals surface area (Å²) in [4.78, 5) is 14.1. The van der Waals surface area contributed by atoms with Crippen molar-refractivity contribution in [2.24, 2.45) is 23.2 Å². The molecule has 7 rings (SSSR count). The molecule has 1 heterocycles. The Hall–Kier alpha value is -2.65. The van der Waals surface area contributed by atoms with E-state index in [1.54, 1.807) is 28.6 Å². The van der Waals surface area contributed by atoms with E-state index < -0.39 is 10.0 Å². The number of nitro groups is 1. The molecule has 0 radical (unpaired) electrons. The van der Waals surface area contributed by atoms with Gasteiger partial charge in [0.2, 0.25) is 10.0 Å². The van der Waals surface area contributed by atoms with Gasteiger partial charge in [-0.15, -0.1) is 0 Å². The molecule has 5 fully saturated rings. The first kappa shape index (κ1) is 26.6. The Morgan fingerprint density at radius 1 is 0.923 bits per heavy atom. The summed E-state index contributed by atoms with van der Waals surface area (Å²) in [7, 11) is -3.57. The van der Waals surface area contributed by atoms with Gasteiger partial charge >= 0.3 is 0 Å². The molecule has 1 atom stereocenters. The van der Waals surface area contributed by atoms with Crippen LogP contribution < -0.4 is 10.2 Å². The minimum absolute atomic E-state index is 0.103. The highest BCUT2D eigenvalue weighted by Crippen LogP contribution is 2.61. The molecule has 210 valence electrons. The number of rotatable bonds is 7. The Morgan fingerprint density at radius 2 is 1.54 bits per heavy atom. The summed E-state index contributed by atoms with van der Waals surface area (Å²) in [6, 6.07) is 10.8. The first-order valence-corrected chi connectivity index (χ1v) is 15.9. The van der Waals surface area contributed by atoms with Crippen LogP contribution in [0, 0.1) is 47.1 Å². The molecule has 0 spiro atoms. The van der Waals surface area contributed by atoms with Gasteiger partial charge in [0.1, 0.15) is 5.69 Å². The number of hydrogen-bond donors (Lipinski definition) is 1. The molecule has 4 bridgehead atoms. The van der Waals surface area contributed by atoms with E-state index in [1.807, 2.05) is 26.0 Å². The lowest BCUT2D eigenvalue weighted by atomic mass is 9.48. The van der Waals surface area contributed by atoms with Crippen molar-refractivity contribution in [2.75, 3.05) is 36.4 Å². The van der Waals surface area contributed by atoms with Gasteiger partial charge in [0.25, 0.3) is 5.69 Å². The maximum Gasteiger partial charge on any atom is 0.292 e. The summed E-state index contributed by atoms with van der Waals surface area (Å²) in [5, 5.41) is 15.6. The second-order valence-corrected chi connectivity index (χ2v) is 14.7. The third-order valence-electron chi connectivity index (χ3n) is 10.3. The second-order valence-electron chi connectivity index (χ2n) is 12.7. The average Bonchev–Trinajstić information content (AvgIpc) is 2.89. The van der Waals surface area contributed by atoms with Crippen LogP contribution in [0.4, 0.5) is 17.1 Å². The lowest BCUT2D eigenvalue weighted by Crippen LogP contribution is -2.53. The number of nitrogens with one attached hydrogen (secondary N) is 1. The molecule has 1 aliphatic heterocycles. The minimum atomic E-state index is -3.57. The van der Waals surface area contributed by atoms with Crippen molar-refractivity contribution in [3.05, 3.63) is 57.6 Å². The van der Waals surface area contributed by atoms with Crippen LogP contribution in [0.1, 0.15) is 56.6 Å². The van der Waals surface area contributed by atoms with Crippen LogP contribution in [0.25, 0.3) is 0 Å². The van der Waals surface area contributed by atoms with E-state index in [0.29, 0.717) is 36.8 Å². The zero-order valence-corrected chi connectivity index (χ0v) is 24.0. The molecule has 9 heteroatoms. The molecular weight excluding hydrogens is 512 g/mol. The number of sulfonamides is 1. The summed E-state index contributed by atoms with van der Waals surface area (Å²) in [6.45, 7) is 7.94. The Kier molecular flexibility index (Phi) is 6.65. The number of nitro benzene ring substituents is 1. The normalized spacial score (nSPS) is 29.4. The average molecular weight is 553 g/mol. The smallest absolute Gasteiger partial charge is 0.292 e. The number of piperazine rings is 1. The Morgan fingerprint density at radius 3 is 2.10 bits per heavy atom. The van der Waals surface area contributed by atoms with Crippen molar-refractivity contribution in [1.29, 1.82) is 0 Å². The Balaban J connectivity index is 1.18. The lowest BCUT2D eigenvalue weighted by molar-refractivity contribution is -0.384. The van der Waals surface area contributed by atoms with Crippen LogP contribution in [0.5, 0.6) is 0 Å². The van der Waals surface area contributed by atoms with Crippen LogP contribution in [0.15, 0.2) is 41.3 Å². The van der Waals surface area contributed by atoms with E-state index in [0.717, 1.165) is 34.6 Å². The fourth-order valence-electron chi connectivity index (χ4n) is 8.30. The van der Waals surface area contributed by atoms with Crippen LogP contribution in [-0.4, -0.2) is 49.9 Å². The number of benzene rings is 2. The van der Waals surface area contributed by atoms with Crippen molar-refractivity contribution >= 4 is 27.1 Å². The standard InChI is InChI=1S/C30H40N4O4S/c1-20-4-6-27(12-21(20)2)39(37,38)33-10-8-32(9-11-33)26-5-7-29(34(35)36)28(16-26)31-22(3)30-17-23-13-24(18-30)15-25(14-23)19-30/h4-7,12,16,22-25,31H,8-11,13-15,17-19H2,1-3H3. The molecule has 39 heavy (non-hydrogen) atoms. The van der Waals surface area contributed by atoms with E-state index in [4.69, 9.17) is 0 Å². The summed E-state index contributed by atoms with van der Waals surface area (Å²) < 4.78 is 28.1. The molecular formula is C30H40N4O4S. The fraction of sp³-hybridized carbons (Fsp3) is 0.600. The molecule has 2 aromatic carbocycles. The van der Waals surface area contributed by atoms with Crippen LogP contribution >= 0.6 is 0 Å². The largest absolute Gasteiger partial charge is 0.376 e. The third-order valence-corrected chi connectivity index (χ3v) is 12.2. The highest BCUT2D eigenvalue weighted by atomic mass is 32.2. The number of aryl methyl sites for hydroxylation is 2. The van der Waals surface area contributed by atoms with Crippen molar-refractivity contribution in [3.8, 4) is 0 Å². The molecule has 8 nitrogen and oxygen atoms in total. The molecule has 1 saturated heterocycles. The van der Waals surface area contributed by atoms with Crippen LogP contribution in [-0.2, 0) is 10.0 Å². The molecule has 4 saturated carbocycles. The molecule has 0 amide bonds. The van der Waals surface area contributed by atoms with Gasteiger partial charge < -0.3 is 10.2 Å². The van der Waals surface area contributed by atoms with E-state index in [-0.39, 0.29) is 22.1 Å². The minimum Gasteiger partial charge on any atom is -0.376 e. The molecule has 4 aliphatic carbocycles. The molecule has 5 aliphatic rings. The summed E-state index contributed by atoms with van der Waals surface area (Å²) in [5.74, 6) is 2.45. The first-order chi connectivity index (χ1) is 18.5. The topological polar surface area (TPSA) is 95.8 Å². The van der Waals surface area contributed by atoms with Crippen molar-refractivity contribution in [1.82, 2.24) is 4.31 Å². The Labute approximate surface area is 232 Å². The number of hydrogen-bond acceptors (Lipinski definition) is 6. The molecule has 0 aromatic heterocycles. The van der Waals surface area contributed by atoms with Gasteiger partial charge in [-0.3, -0.25) is 10.1 Å². The molecule has 1 unspecified atom stereocenters. The monoisotopic (exact) mass is 552 g/mol. The summed E-state index contributed by atoms with van der Waals surface area (Å²) in [5.41, 5.74) is 3.83. The fourth-order valence-corrected chi connectivity index (χ4v) is 9.81. The predicted molar refractivity (Wildman–Crippen MR) is 154 cm³/mol. The lowest BCUT2D eigenvalue weighted by Gasteiger charge is -2.59. The maximum atomic E-state index is 13.3. The van der Waals surface area contributed by atoms with Gasteiger partial charge in [-0.1, -0.05) is 6.07 Å². The SMILES string of the molecule is Cc1ccc(S(=O)(=O)N2CCN(c3ccc([N+](=O)[O-])c(NC(C)C45CC6CC(CC(C6)C4)C5)c3)CC2)cc1C. The third kappa shape index (κ3) is 4.82. The van der Waals surface area contributed by atoms with Crippen molar-refractivity contribution in [3.63, 3.8) is 0 Å². The zero-order chi connectivity index (χ0) is 27.5. The quantitative estimate of drug-likeness (QED) is 0.348. The van der Waals surface area contributed by atoms with Gasteiger partial charge in [0, 0.05) is 44.0 Å². The van der Waals surface area contributed by atoms with Gasteiger partial charge in [-0.05, 0) is 118 Å². The van der Waals surface area contributed by atoms with Gasteiger partial charge in [-0.25, -0.2) is 8.42 Å². The van der Waals surface area contributed by atoms with Crippen LogP contribution in [0.3, 0.4) is 0 Å².